The molecule has 1 aliphatic heterocycles. The van der Waals surface area contributed by atoms with Crippen LogP contribution in [0.2, 0.25) is 0 Å². The van der Waals surface area contributed by atoms with E-state index in [-0.39, 0.29) is 0 Å². The third kappa shape index (κ3) is 3.19. The molecular weight excluding hydrogens is 380 g/mol. The van der Waals surface area contributed by atoms with E-state index in [2.05, 4.69) is 35.1 Å². The average Bonchev–Trinajstić information content (AvgIpc) is 3.03. The van der Waals surface area contributed by atoms with Gasteiger partial charge in [0.25, 0.3) is 0 Å². The van der Waals surface area contributed by atoms with E-state index in [9.17, 15) is 8.42 Å². The summed E-state index contributed by atoms with van der Waals surface area (Å²) in [5.41, 5.74) is 4.27. The second kappa shape index (κ2) is 7.55. The Morgan fingerprint density at radius 3 is 2.59 bits per heavy atom. The molecule has 0 spiro atoms. The largest absolute Gasteiger partial charge is 0.338 e. The molecule has 5 heteroatoms. The normalized spacial score (nSPS) is 16.8. The van der Waals surface area contributed by atoms with Crippen LogP contribution in [0.3, 0.4) is 0 Å². The van der Waals surface area contributed by atoms with Crippen molar-refractivity contribution in [3.63, 3.8) is 0 Å². The molecule has 0 bridgehead atoms. The molecule has 0 aliphatic carbocycles. The Balaban J connectivity index is 1.92. The lowest BCUT2D eigenvalue weighted by atomic mass is 9.99. The van der Waals surface area contributed by atoms with Crippen LogP contribution in [-0.2, 0) is 23.0 Å². The summed E-state index contributed by atoms with van der Waals surface area (Å²) in [6.07, 6.45) is 2.50. The smallest absolute Gasteiger partial charge is 0.244 e. The summed E-state index contributed by atoms with van der Waals surface area (Å²) in [5.74, 6) is 6.14. The van der Waals surface area contributed by atoms with Gasteiger partial charge >= 0.3 is 0 Å². The van der Waals surface area contributed by atoms with Crippen LogP contribution >= 0.6 is 0 Å². The molecule has 1 aliphatic rings. The van der Waals surface area contributed by atoms with Crippen molar-refractivity contribution >= 4 is 20.9 Å². The Kier molecular flexibility index (Phi) is 5.08. The fourth-order valence-corrected chi connectivity index (χ4v) is 5.68. The molecule has 3 aromatic rings. The first-order valence-electron chi connectivity index (χ1n) is 9.70. The number of aryl methyl sites for hydroxylation is 1. The molecule has 1 atom stereocenters. The molecule has 0 amide bonds. The fourth-order valence-electron chi connectivity index (χ4n) is 4.17. The number of nitrogens with zero attached hydrogens (tertiary/aromatic N) is 2. The first-order valence-corrected chi connectivity index (χ1v) is 11.1. The van der Waals surface area contributed by atoms with Gasteiger partial charge in [0.15, 0.2) is 0 Å². The second-order valence-corrected chi connectivity index (χ2v) is 9.15. The van der Waals surface area contributed by atoms with Crippen LogP contribution in [0.5, 0.6) is 0 Å². The Labute approximate surface area is 172 Å². The maximum Gasteiger partial charge on any atom is 0.244 e. The van der Waals surface area contributed by atoms with Gasteiger partial charge in [-0.2, -0.15) is 4.31 Å². The number of sulfonamides is 1. The Morgan fingerprint density at radius 2 is 1.90 bits per heavy atom. The monoisotopic (exact) mass is 404 g/mol. The van der Waals surface area contributed by atoms with Crippen LogP contribution in [0.25, 0.3) is 10.9 Å². The number of fused-ring (bicyclic) bond motifs is 3. The van der Waals surface area contributed by atoms with Crippen molar-refractivity contribution in [1.82, 2.24) is 8.87 Å². The van der Waals surface area contributed by atoms with E-state index in [0.29, 0.717) is 24.4 Å². The molecule has 0 fully saturated rings. The fraction of sp³-hybridized carbons (Fsp3) is 0.250. The van der Waals surface area contributed by atoms with Gasteiger partial charge in [0, 0.05) is 24.0 Å². The van der Waals surface area contributed by atoms with Crippen molar-refractivity contribution in [3.05, 3.63) is 78.0 Å². The number of rotatable bonds is 4. The first kappa shape index (κ1) is 19.5. The van der Waals surface area contributed by atoms with Gasteiger partial charge in [-0.1, -0.05) is 47.9 Å². The van der Waals surface area contributed by atoms with Crippen molar-refractivity contribution in [2.24, 2.45) is 0 Å². The molecule has 0 N–H and O–H groups in total. The molecule has 4 rings (SSSR count). The topological polar surface area (TPSA) is 42.3 Å². The number of hydrogen-bond donors (Lipinski definition) is 0. The van der Waals surface area contributed by atoms with E-state index in [4.69, 9.17) is 0 Å². The minimum absolute atomic E-state index is 0.306. The first-order chi connectivity index (χ1) is 14.0. The van der Waals surface area contributed by atoms with Gasteiger partial charge in [0.2, 0.25) is 10.0 Å². The predicted octanol–water partition coefficient (Wildman–Crippen LogP) is 4.45. The zero-order valence-corrected chi connectivity index (χ0v) is 17.5. The quantitative estimate of drug-likeness (QED) is 0.476. The number of aromatic nitrogens is 1. The summed E-state index contributed by atoms with van der Waals surface area (Å²) in [5, 5.41) is 1.17. The Bertz CT molecular complexity index is 1240. The van der Waals surface area contributed by atoms with Crippen LogP contribution in [0.15, 0.2) is 66.1 Å². The SMILES string of the molecule is C=CCn1c2c(c3ccccc31)CCN(S(=O)(=O)c1ccc(C)cc1)C2C#CC. The molecule has 0 saturated carbocycles. The molecule has 1 unspecified atom stereocenters. The lowest BCUT2D eigenvalue weighted by Crippen LogP contribution is -2.40. The summed E-state index contributed by atoms with van der Waals surface area (Å²) in [6, 6.07) is 14.7. The molecule has 1 aromatic heterocycles. The molecule has 4 nitrogen and oxygen atoms in total. The summed E-state index contributed by atoms with van der Waals surface area (Å²) in [6.45, 7) is 8.61. The molecular formula is C24H24N2O2S. The van der Waals surface area contributed by atoms with Crippen molar-refractivity contribution in [2.75, 3.05) is 6.54 Å². The number of hydrogen-bond acceptors (Lipinski definition) is 2. The van der Waals surface area contributed by atoms with Gasteiger partial charge in [0.1, 0.15) is 6.04 Å². The molecule has 29 heavy (non-hydrogen) atoms. The third-order valence-corrected chi connectivity index (χ3v) is 7.35. The van der Waals surface area contributed by atoms with Crippen LogP contribution in [0, 0.1) is 18.8 Å². The van der Waals surface area contributed by atoms with E-state index >= 15 is 0 Å². The highest BCUT2D eigenvalue weighted by Crippen LogP contribution is 2.39. The van der Waals surface area contributed by atoms with Crippen molar-refractivity contribution < 1.29 is 8.42 Å². The van der Waals surface area contributed by atoms with Crippen molar-refractivity contribution in [1.29, 1.82) is 0 Å². The van der Waals surface area contributed by atoms with Gasteiger partial charge in [0.05, 0.1) is 10.6 Å². The minimum Gasteiger partial charge on any atom is -0.338 e. The lowest BCUT2D eigenvalue weighted by molar-refractivity contribution is 0.348. The van der Waals surface area contributed by atoms with Gasteiger partial charge < -0.3 is 4.57 Å². The predicted molar refractivity (Wildman–Crippen MR) is 117 cm³/mol. The molecule has 0 saturated heterocycles. The summed E-state index contributed by atoms with van der Waals surface area (Å²) in [7, 11) is -3.67. The van der Waals surface area contributed by atoms with Gasteiger partial charge in [-0.3, -0.25) is 0 Å². The van der Waals surface area contributed by atoms with Crippen molar-refractivity contribution in [2.45, 2.75) is 37.8 Å². The van der Waals surface area contributed by atoms with Gasteiger partial charge in [-0.15, -0.1) is 12.5 Å². The third-order valence-electron chi connectivity index (χ3n) is 5.47. The minimum atomic E-state index is -3.67. The average molecular weight is 405 g/mol. The van der Waals surface area contributed by atoms with E-state index in [0.717, 1.165) is 16.8 Å². The van der Waals surface area contributed by atoms with Crippen LogP contribution in [0.1, 0.15) is 29.8 Å². The summed E-state index contributed by atoms with van der Waals surface area (Å²) < 4.78 is 30.7. The van der Waals surface area contributed by atoms with Crippen LogP contribution in [0.4, 0.5) is 0 Å². The maximum absolute atomic E-state index is 13.5. The van der Waals surface area contributed by atoms with Crippen LogP contribution < -0.4 is 0 Å². The van der Waals surface area contributed by atoms with Crippen LogP contribution in [-0.4, -0.2) is 23.8 Å². The Hall–Kier alpha value is -2.81. The summed E-state index contributed by atoms with van der Waals surface area (Å²) >= 11 is 0. The molecule has 2 heterocycles. The zero-order chi connectivity index (χ0) is 20.6. The number of para-hydroxylation sites is 1. The second-order valence-electron chi connectivity index (χ2n) is 7.26. The van der Waals surface area contributed by atoms with E-state index in [1.807, 2.05) is 37.3 Å². The molecule has 2 aromatic carbocycles. The summed E-state index contributed by atoms with van der Waals surface area (Å²) in [4.78, 5) is 0.306. The molecule has 148 valence electrons. The van der Waals surface area contributed by atoms with E-state index in [1.165, 1.54) is 10.9 Å². The maximum atomic E-state index is 13.5. The Morgan fingerprint density at radius 1 is 1.17 bits per heavy atom. The van der Waals surface area contributed by atoms with E-state index in [1.54, 1.807) is 23.4 Å². The highest BCUT2D eigenvalue weighted by molar-refractivity contribution is 7.89. The highest BCUT2D eigenvalue weighted by Gasteiger charge is 2.38. The highest BCUT2D eigenvalue weighted by atomic mass is 32.2. The lowest BCUT2D eigenvalue weighted by Gasteiger charge is -2.33. The van der Waals surface area contributed by atoms with E-state index < -0.39 is 16.1 Å². The number of allylic oxidation sites excluding steroid dienone is 1. The van der Waals surface area contributed by atoms with Crippen molar-refractivity contribution in [3.8, 4) is 11.8 Å². The zero-order valence-electron chi connectivity index (χ0n) is 16.7. The van der Waals surface area contributed by atoms with Gasteiger partial charge in [-0.05, 0) is 44.0 Å². The number of benzene rings is 2. The van der Waals surface area contributed by atoms with Gasteiger partial charge in [-0.25, -0.2) is 8.42 Å². The molecule has 0 radical (unpaired) electrons. The standard InChI is InChI=1S/C24H24N2O2S/c1-4-8-23-24-21(20-9-6-7-10-22(20)25(24)16-5-2)15-17-26(23)29(27,28)19-13-11-18(3)12-14-19/h5-7,9-14,23H,2,15-17H2,1,3H3.